The smallest absolute Gasteiger partial charge is 0.224 e. The van der Waals surface area contributed by atoms with Crippen molar-refractivity contribution in [2.24, 2.45) is 0 Å². The van der Waals surface area contributed by atoms with Crippen LogP contribution in [0.3, 0.4) is 0 Å². The molecule has 3 nitrogen and oxygen atoms in total. The highest BCUT2D eigenvalue weighted by molar-refractivity contribution is 9.10. The first-order valence-corrected chi connectivity index (χ1v) is 8.71. The van der Waals surface area contributed by atoms with E-state index >= 15 is 0 Å². The molecule has 0 unspecified atom stereocenters. The number of hydrogen-bond acceptors (Lipinski definition) is 5. The van der Waals surface area contributed by atoms with E-state index in [-0.39, 0.29) is 5.28 Å². The van der Waals surface area contributed by atoms with Crippen LogP contribution in [0, 0.1) is 0 Å². The second-order valence-corrected chi connectivity index (χ2v) is 7.38. The largest absolute Gasteiger partial charge is 0.248 e. The van der Waals surface area contributed by atoms with E-state index in [2.05, 4.69) is 43.9 Å². The average Bonchev–Trinajstić information content (AvgIpc) is 2.84. The SMILES string of the molecule is CCc1cc2c(Sc3ccc(Br)cn3)nc(Cl)nc2s1. The Kier molecular flexibility index (Phi) is 4.26. The lowest BCUT2D eigenvalue weighted by Crippen LogP contribution is -1.87. The molecule has 0 aromatic carbocycles. The Hall–Kier alpha value is -0.690. The summed E-state index contributed by atoms with van der Waals surface area (Å²) in [6, 6.07) is 6.04. The molecule has 0 saturated carbocycles. The molecule has 0 aliphatic carbocycles. The summed E-state index contributed by atoms with van der Waals surface area (Å²) >= 11 is 12.6. The van der Waals surface area contributed by atoms with Crippen molar-refractivity contribution in [2.45, 2.75) is 23.4 Å². The van der Waals surface area contributed by atoms with E-state index in [1.54, 1.807) is 17.5 Å². The average molecular weight is 387 g/mol. The van der Waals surface area contributed by atoms with Crippen LogP contribution in [0.25, 0.3) is 10.2 Å². The van der Waals surface area contributed by atoms with E-state index in [9.17, 15) is 0 Å². The Bertz CT molecular complexity index is 758. The number of halogens is 2. The zero-order valence-electron chi connectivity index (χ0n) is 10.4. The number of pyridine rings is 1. The minimum atomic E-state index is 0.279. The molecule has 0 bridgehead atoms. The summed E-state index contributed by atoms with van der Waals surface area (Å²) in [4.78, 5) is 15.2. The summed E-state index contributed by atoms with van der Waals surface area (Å²) < 4.78 is 0.955. The molecule has 102 valence electrons. The number of rotatable bonds is 3. The molecule has 0 fully saturated rings. The van der Waals surface area contributed by atoms with Crippen LogP contribution in [-0.4, -0.2) is 15.0 Å². The van der Waals surface area contributed by atoms with Gasteiger partial charge in [0.05, 0.1) is 0 Å². The van der Waals surface area contributed by atoms with Crippen molar-refractivity contribution < 1.29 is 0 Å². The first-order valence-electron chi connectivity index (χ1n) is 5.91. The molecule has 0 aliphatic heterocycles. The molecular formula is C13H9BrClN3S2. The predicted molar refractivity (Wildman–Crippen MR) is 87.9 cm³/mol. The first-order chi connectivity index (χ1) is 9.65. The third-order valence-corrected chi connectivity index (χ3v) is 5.40. The third-order valence-electron chi connectivity index (χ3n) is 2.63. The Morgan fingerprint density at radius 3 is 2.90 bits per heavy atom. The molecule has 0 aliphatic rings. The Balaban J connectivity index is 2.05. The van der Waals surface area contributed by atoms with Gasteiger partial charge >= 0.3 is 0 Å². The van der Waals surface area contributed by atoms with Crippen LogP contribution < -0.4 is 0 Å². The number of hydrogen-bond donors (Lipinski definition) is 0. The second-order valence-electron chi connectivity index (χ2n) is 4.00. The van der Waals surface area contributed by atoms with Gasteiger partial charge in [-0.3, -0.25) is 0 Å². The maximum atomic E-state index is 6.01. The van der Waals surface area contributed by atoms with Crippen molar-refractivity contribution in [3.05, 3.63) is 39.0 Å². The number of thiophene rings is 1. The van der Waals surface area contributed by atoms with E-state index < -0.39 is 0 Å². The van der Waals surface area contributed by atoms with Gasteiger partial charge in [0, 0.05) is 20.9 Å². The molecule has 0 saturated heterocycles. The summed E-state index contributed by atoms with van der Waals surface area (Å²) in [7, 11) is 0. The summed E-state index contributed by atoms with van der Waals surface area (Å²) in [6.45, 7) is 2.13. The minimum absolute atomic E-state index is 0.279. The highest BCUT2D eigenvalue weighted by Gasteiger charge is 2.12. The van der Waals surface area contributed by atoms with Crippen molar-refractivity contribution in [1.29, 1.82) is 0 Å². The fraction of sp³-hybridized carbons (Fsp3) is 0.154. The molecule has 7 heteroatoms. The maximum Gasteiger partial charge on any atom is 0.224 e. The van der Waals surface area contributed by atoms with Crippen molar-refractivity contribution >= 4 is 60.8 Å². The maximum absolute atomic E-state index is 6.01. The van der Waals surface area contributed by atoms with Gasteiger partial charge in [0.2, 0.25) is 5.28 Å². The van der Waals surface area contributed by atoms with E-state index in [0.29, 0.717) is 0 Å². The monoisotopic (exact) mass is 385 g/mol. The van der Waals surface area contributed by atoms with Gasteiger partial charge in [0.1, 0.15) is 14.9 Å². The molecule has 0 spiro atoms. The molecule has 0 radical (unpaired) electrons. The number of aromatic nitrogens is 3. The summed E-state index contributed by atoms with van der Waals surface area (Å²) in [5.74, 6) is 0. The summed E-state index contributed by atoms with van der Waals surface area (Å²) in [5, 5.41) is 3.06. The zero-order valence-corrected chi connectivity index (χ0v) is 14.4. The molecule has 3 aromatic heterocycles. The quantitative estimate of drug-likeness (QED) is 0.457. The molecule has 3 rings (SSSR count). The van der Waals surface area contributed by atoms with Gasteiger partial charge in [-0.1, -0.05) is 6.92 Å². The van der Waals surface area contributed by atoms with Crippen LogP contribution in [0.2, 0.25) is 5.28 Å². The molecule has 3 heterocycles. The van der Waals surface area contributed by atoms with Crippen molar-refractivity contribution in [2.75, 3.05) is 0 Å². The lowest BCUT2D eigenvalue weighted by atomic mass is 10.3. The zero-order chi connectivity index (χ0) is 14.1. The lowest BCUT2D eigenvalue weighted by Gasteiger charge is -2.02. The first kappa shape index (κ1) is 14.3. The van der Waals surface area contributed by atoms with Crippen molar-refractivity contribution in [3.8, 4) is 0 Å². The van der Waals surface area contributed by atoms with Crippen molar-refractivity contribution in [1.82, 2.24) is 15.0 Å². The number of nitrogens with zero attached hydrogens (tertiary/aromatic N) is 3. The fourth-order valence-electron chi connectivity index (χ4n) is 1.69. The summed E-state index contributed by atoms with van der Waals surface area (Å²) in [6.07, 6.45) is 2.76. The highest BCUT2D eigenvalue weighted by atomic mass is 79.9. The molecule has 0 atom stereocenters. The van der Waals surface area contributed by atoms with Crippen LogP contribution in [0.4, 0.5) is 0 Å². The molecule has 3 aromatic rings. The van der Waals surface area contributed by atoms with Gasteiger partial charge in [0.15, 0.2) is 0 Å². The van der Waals surface area contributed by atoms with Gasteiger partial charge in [-0.15, -0.1) is 11.3 Å². The van der Waals surface area contributed by atoms with Gasteiger partial charge < -0.3 is 0 Å². The van der Waals surface area contributed by atoms with Crippen LogP contribution in [0.1, 0.15) is 11.8 Å². The van der Waals surface area contributed by atoms with Crippen LogP contribution in [-0.2, 0) is 6.42 Å². The Morgan fingerprint density at radius 2 is 2.20 bits per heavy atom. The topological polar surface area (TPSA) is 38.7 Å². The van der Waals surface area contributed by atoms with Gasteiger partial charge in [-0.05, 0) is 63.9 Å². The normalized spacial score (nSPS) is 11.2. The van der Waals surface area contributed by atoms with E-state index in [1.165, 1.54) is 16.6 Å². The molecule has 20 heavy (non-hydrogen) atoms. The van der Waals surface area contributed by atoms with Crippen molar-refractivity contribution in [3.63, 3.8) is 0 Å². The third kappa shape index (κ3) is 2.98. The van der Waals surface area contributed by atoms with E-state index in [1.807, 2.05) is 12.1 Å². The van der Waals surface area contributed by atoms with Crippen LogP contribution in [0.15, 0.2) is 38.9 Å². The standard InChI is InChI=1S/C13H9BrClN3S2/c1-2-8-5-9-11(19-8)17-13(15)18-12(9)20-10-4-3-7(14)6-16-10/h3-6H,2H2,1H3. The Labute approximate surface area is 137 Å². The van der Waals surface area contributed by atoms with Crippen LogP contribution >= 0.6 is 50.6 Å². The second kappa shape index (κ2) is 5.97. The summed E-state index contributed by atoms with van der Waals surface area (Å²) in [5.41, 5.74) is 0. The number of aryl methyl sites for hydroxylation is 1. The van der Waals surface area contributed by atoms with Crippen LogP contribution in [0.5, 0.6) is 0 Å². The molecular weight excluding hydrogens is 378 g/mol. The molecule has 0 N–H and O–H groups in total. The molecule has 0 amide bonds. The van der Waals surface area contributed by atoms with E-state index in [4.69, 9.17) is 11.6 Å². The van der Waals surface area contributed by atoms with Gasteiger partial charge in [-0.25, -0.2) is 15.0 Å². The van der Waals surface area contributed by atoms with E-state index in [0.717, 1.165) is 31.2 Å². The Morgan fingerprint density at radius 1 is 1.35 bits per heavy atom. The fourth-order valence-corrected chi connectivity index (χ4v) is 4.07. The predicted octanol–water partition coefficient (Wildman–Crippen LogP) is 5.22. The minimum Gasteiger partial charge on any atom is -0.248 e. The highest BCUT2D eigenvalue weighted by Crippen LogP contribution is 2.35. The van der Waals surface area contributed by atoms with Gasteiger partial charge in [-0.2, -0.15) is 0 Å². The number of fused-ring (bicyclic) bond motifs is 1. The lowest BCUT2D eigenvalue weighted by molar-refractivity contribution is 1.08. The van der Waals surface area contributed by atoms with Gasteiger partial charge in [0.25, 0.3) is 0 Å².